The lowest BCUT2D eigenvalue weighted by molar-refractivity contribution is 0.0835. The van der Waals surface area contributed by atoms with Crippen LogP contribution in [-0.4, -0.2) is 40.0 Å². The Morgan fingerprint density at radius 1 is 1.00 bits per heavy atom. The van der Waals surface area contributed by atoms with E-state index in [0.717, 1.165) is 5.69 Å². The van der Waals surface area contributed by atoms with Gasteiger partial charge in [0, 0.05) is 11.3 Å². The predicted octanol–water partition coefficient (Wildman–Crippen LogP) is 4.76. The number of benzene rings is 3. The minimum Gasteiger partial charge on any atom is -0.497 e. The molecule has 1 aliphatic rings. The quantitative estimate of drug-likeness (QED) is 0.291. The van der Waals surface area contributed by atoms with Crippen molar-refractivity contribution in [1.29, 1.82) is 0 Å². The van der Waals surface area contributed by atoms with Gasteiger partial charge in [-0.3, -0.25) is 9.36 Å². The van der Waals surface area contributed by atoms with Crippen LogP contribution in [0.25, 0.3) is 5.69 Å². The first-order valence-electron chi connectivity index (χ1n) is 10.4. The van der Waals surface area contributed by atoms with Crippen LogP contribution in [0.3, 0.4) is 0 Å². The second-order valence-corrected chi connectivity index (χ2v) is 8.26. The summed E-state index contributed by atoms with van der Waals surface area (Å²) in [7, 11) is 1.60. The lowest BCUT2D eigenvalue weighted by Gasteiger charge is -2.26. The molecule has 0 N–H and O–H groups in total. The summed E-state index contributed by atoms with van der Waals surface area (Å²) < 4.78 is 19.2. The van der Waals surface area contributed by atoms with Crippen LogP contribution in [0, 0.1) is 0 Å². The number of carbonyl (C=O) groups excluding carboxylic acids is 1. The van der Waals surface area contributed by atoms with E-state index in [1.165, 1.54) is 11.8 Å². The zero-order valence-electron chi connectivity index (χ0n) is 17.9. The molecule has 5 rings (SSSR count). The Bertz CT molecular complexity index is 1260. The maximum absolute atomic E-state index is 12.7. The van der Waals surface area contributed by atoms with Crippen molar-refractivity contribution in [3.8, 4) is 22.9 Å². The van der Waals surface area contributed by atoms with Gasteiger partial charge in [0.05, 0.1) is 12.9 Å². The molecule has 33 heavy (non-hydrogen) atoms. The maximum Gasteiger partial charge on any atom is 0.196 e. The Morgan fingerprint density at radius 3 is 2.48 bits per heavy atom. The average molecular weight is 460 g/mol. The zero-order chi connectivity index (χ0) is 22.6. The molecule has 0 fully saturated rings. The van der Waals surface area contributed by atoms with E-state index in [0.29, 0.717) is 40.4 Å². The number of aromatic nitrogens is 3. The second kappa shape index (κ2) is 9.38. The Hall–Kier alpha value is -3.78. The van der Waals surface area contributed by atoms with Gasteiger partial charge in [-0.05, 0) is 48.5 Å². The Labute approximate surface area is 195 Å². The fraction of sp³-hybridized carbons (Fsp3) is 0.160. The summed E-state index contributed by atoms with van der Waals surface area (Å²) in [6.45, 7) is 0.317. The predicted molar refractivity (Wildman–Crippen MR) is 125 cm³/mol. The van der Waals surface area contributed by atoms with E-state index in [4.69, 9.17) is 14.2 Å². The average Bonchev–Trinajstić information content (AvgIpc) is 3.31. The number of ketones is 1. The van der Waals surface area contributed by atoms with Crippen LogP contribution >= 0.6 is 11.8 Å². The van der Waals surface area contributed by atoms with Crippen LogP contribution in [0.4, 0.5) is 0 Å². The van der Waals surface area contributed by atoms with Crippen LogP contribution in [0.15, 0.2) is 84.0 Å². The molecule has 8 heteroatoms. The van der Waals surface area contributed by atoms with E-state index in [9.17, 15) is 4.79 Å². The summed E-state index contributed by atoms with van der Waals surface area (Å²) in [5.41, 5.74) is 1.51. The fourth-order valence-electron chi connectivity index (χ4n) is 3.54. The minimum atomic E-state index is -0.431. The molecule has 166 valence electrons. The minimum absolute atomic E-state index is 0.00186. The highest BCUT2D eigenvalue weighted by atomic mass is 32.2. The molecule has 0 bridgehead atoms. The molecule has 0 unspecified atom stereocenters. The number of fused-ring (bicyclic) bond motifs is 1. The maximum atomic E-state index is 12.7. The number of Topliss-reactive ketones (excluding diaryl/α,β-unsaturated/α-hetero) is 1. The molecule has 4 aromatic rings. The van der Waals surface area contributed by atoms with Crippen molar-refractivity contribution in [2.45, 2.75) is 11.3 Å². The lowest BCUT2D eigenvalue weighted by Crippen LogP contribution is -2.24. The monoisotopic (exact) mass is 459 g/mol. The third kappa shape index (κ3) is 4.42. The molecular weight excluding hydrogens is 438 g/mol. The van der Waals surface area contributed by atoms with Gasteiger partial charge in [0.25, 0.3) is 0 Å². The number of thioether (sulfide) groups is 1. The normalized spacial score (nSPS) is 14.6. The molecule has 2 heterocycles. The number of rotatable bonds is 7. The summed E-state index contributed by atoms with van der Waals surface area (Å²) in [4.78, 5) is 12.7. The number of nitrogens with zero attached hydrogens (tertiary/aromatic N) is 3. The standard InChI is InChI=1S/C25H21N3O4S/c1-30-19-13-11-17(12-14-19)20(29)16-33-25-27-26-24(28(25)18-7-3-2-4-8-18)23-15-31-21-9-5-6-10-22(21)32-23/h2-14,23H,15-16H2,1H3/t23-/m0/s1. The van der Waals surface area contributed by atoms with E-state index in [2.05, 4.69) is 10.2 Å². The zero-order valence-corrected chi connectivity index (χ0v) is 18.7. The van der Waals surface area contributed by atoms with Gasteiger partial charge < -0.3 is 14.2 Å². The van der Waals surface area contributed by atoms with Crippen LogP contribution in [0.5, 0.6) is 17.2 Å². The number of para-hydroxylation sites is 3. The van der Waals surface area contributed by atoms with E-state index in [-0.39, 0.29) is 11.5 Å². The van der Waals surface area contributed by atoms with Crippen molar-refractivity contribution in [1.82, 2.24) is 14.8 Å². The molecule has 0 saturated heterocycles. The Kier molecular flexibility index (Phi) is 5.99. The number of carbonyl (C=O) groups is 1. The smallest absolute Gasteiger partial charge is 0.196 e. The summed E-state index contributed by atoms with van der Waals surface area (Å²) in [6.07, 6.45) is -0.431. The van der Waals surface area contributed by atoms with Gasteiger partial charge in [-0.25, -0.2) is 0 Å². The van der Waals surface area contributed by atoms with Crippen molar-refractivity contribution < 1.29 is 19.0 Å². The van der Waals surface area contributed by atoms with Gasteiger partial charge in [-0.1, -0.05) is 42.1 Å². The Morgan fingerprint density at radius 2 is 1.73 bits per heavy atom. The van der Waals surface area contributed by atoms with Crippen LogP contribution in [0.1, 0.15) is 22.3 Å². The third-order valence-corrected chi connectivity index (χ3v) is 6.14. The fourth-order valence-corrected chi connectivity index (χ4v) is 4.39. The molecule has 1 atom stereocenters. The molecule has 1 aliphatic heterocycles. The molecule has 0 aliphatic carbocycles. The highest BCUT2D eigenvalue weighted by molar-refractivity contribution is 7.99. The number of methoxy groups -OCH3 is 1. The number of ether oxygens (including phenoxy) is 3. The SMILES string of the molecule is COc1ccc(C(=O)CSc2nnc([C@@H]3COc4ccccc4O3)n2-c2ccccc2)cc1. The molecule has 0 saturated carbocycles. The van der Waals surface area contributed by atoms with E-state index < -0.39 is 6.10 Å². The first kappa shape index (κ1) is 21.1. The molecule has 0 radical (unpaired) electrons. The topological polar surface area (TPSA) is 75.5 Å². The lowest BCUT2D eigenvalue weighted by atomic mass is 10.1. The van der Waals surface area contributed by atoms with E-state index >= 15 is 0 Å². The third-order valence-electron chi connectivity index (χ3n) is 5.21. The molecule has 3 aromatic carbocycles. The molecular formula is C25H21N3O4S. The van der Waals surface area contributed by atoms with Gasteiger partial charge in [0.2, 0.25) is 0 Å². The highest BCUT2D eigenvalue weighted by Crippen LogP contribution is 2.37. The van der Waals surface area contributed by atoms with Crippen LogP contribution in [-0.2, 0) is 0 Å². The van der Waals surface area contributed by atoms with Crippen molar-refractivity contribution in [2.24, 2.45) is 0 Å². The first-order chi connectivity index (χ1) is 16.2. The summed E-state index contributed by atoms with van der Waals surface area (Å²) >= 11 is 1.34. The number of hydrogen-bond donors (Lipinski definition) is 0. The van der Waals surface area contributed by atoms with Gasteiger partial charge in [0.1, 0.15) is 12.4 Å². The molecule has 1 aromatic heterocycles. The van der Waals surface area contributed by atoms with Gasteiger partial charge >= 0.3 is 0 Å². The van der Waals surface area contributed by atoms with E-state index in [1.807, 2.05) is 59.2 Å². The van der Waals surface area contributed by atoms with Crippen molar-refractivity contribution in [2.75, 3.05) is 19.5 Å². The van der Waals surface area contributed by atoms with Gasteiger partial charge in [-0.15, -0.1) is 10.2 Å². The summed E-state index contributed by atoms with van der Waals surface area (Å²) in [5, 5.41) is 9.42. The molecule has 0 amide bonds. The first-order valence-corrected chi connectivity index (χ1v) is 11.4. The van der Waals surface area contributed by atoms with Crippen molar-refractivity contribution in [3.63, 3.8) is 0 Å². The van der Waals surface area contributed by atoms with Crippen molar-refractivity contribution >= 4 is 17.5 Å². The summed E-state index contributed by atoms with van der Waals surface area (Å²) in [5.74, 6) is 2.93. The largest absolute Gasteiger partial charge is 0.497 e. The second-order valence-electron chi connectivity index (χ2n) is 7.32. The molecule has 7 nitrogen and oxygen atoms in total. The molecule has 0 spiro atoms. The Balaban J connectivity index is 1.41. The highest BCUT2D eigenvalue weighted by Gasteiger charge is 2.29. The summed E-state index contributed by atoms with van der Waals surface area (Å²) in [6, 6.07) is 24.4. The van der Waals surface area contributed by atoms with E-state index in [1.54, 1.807) is 31.4 Å². The van der Waals surface area contributed by atoms with Crippen molar-refractivity contribution in [3.05, 3.63) is 90.3 Å². The van der Waals surface area contributed by atoms with Crippen LogP contribution in [0.2, 0.25) is 0 Å². The van der Waals surface area contributed by atoms with Gasteiger partial charge in [-0.2, -0.15) is 0 Å². The number of hydrogen-bond acceptors (Lipinski definition) is 7. The van der Waals surface area contributed by atoms with Crippen LogP contribution < -0.4 is 14.2 Å². The van der Waals surface area contributed by atoms with Gasteiger partial charge in [0.15, 0.2) is 34.4 Å².